The third-order valence-corrected chi connectivity index (χ3v) is 4.84. The minimum absolute atomic E-state index is 0.125. The molecule has 2 unspecified atom stereocenters. The monoisotopic (exact) mass is 289 g/mol. The van der Waals surface area contributed by atoms with E-state index in [0.29, 0.717) is 5.56 Å². The average Bonchev–Trinajstić information content (AvgIpc) is 2.28. The number of aliphatic hydroxyl groups excluding tert-OH is 1. The fourth-order valence-electron chi connectivity index (χ4n) is 1.56. The van der Waals surface area contributed by atoms with Crippen LogP contribution in [0.5, 0.6) is 0 Å². The van der Waals surface area contributed by atoms with Gasteiger partial charge in [-0.25, -0.2) is 13.1 Å². The van der Waals surface area contributed by atoms with Crippen molar-refractivity contribution in [1.29, 1.82) is 0 Å². The van der Waals surface area contributed by atoms with E-state index in [1.54, 1.807) is 30.8 Å². The highest BCUT2D eigenvalue weighted by atomic mass is 32.2. The second-order valence-electron chi connectivity index (χ2n) is 4.23. The van der Waals surface area contributed by atoms with Crippen LogP contribution in [0, 0.1) is 0 Å². The number of nitrogens with one attached hydrogen (secondary N) is 1. The summed E-state index contributed by atoms with van der Waals surface area (Å²) in [6.07, 6.45) is 1.25. The van der Waals surface area contributed by atoms with Crippen LogP contribution in [-0.2, 0) is 10.0 Å². The zero-order chi connectivity index (χ0) is 13.8. The number of thioether (sulfide) groups is 1. The van der Waals surface area contributed by atoms with Crippen LogP contribution in [0.3, 0.4) is 0 Å². The Labute approximate surface area is 113 Å². The molecule has 0 spiro atoms. The Kier molecular flexibility index (Phi) is 5.65. The van der Waals surface area contributed by atoms with Crippen molar-refractivity contribution in [2.24, 2.45) is 0 Å². The molecule has 6 heteroatoms. The van der Waals surface area contributed by atoms with Crippen molar-refractivity contribution in [2.45, 2.75) is 30.9 Å². The van der Waals surface area contributed by atoms with Crippen molar-refractivity contribution in [1.82, 2.24) is 4.72 Å². The van der Waals surface area contributed by atoms with Gasteiger partial charge in [0.2, 0.25) is 10.0 Å². The molecule has 0 saturated carbocycles. The molecular weight excluding hydrogens is 270 g/mol. The quantitative estimate of drug-likeness (QED) is 0.837. The molecule has 2 atom stereocenters. The van der Waals surface area contributed by atoms with E-state index in [-0.39, 0.29) is 10.9 Å². The van der Waals surface area contributed by atoms with Gasteiger partial charge in [0, 0.05) is 11.8 Å². The van der Waals surface area contributed by atoms with Crippen molar-refractivity contribution in [3.8, 4) is 0 Å². The highest BCUT2D eigenvalue weighted by Crippen LogP contribution is 2.17. The Bertz CT molecular complexity index is 486. The lowest BCUT2D eigenvalue weighted by Gasteiger charge is -2.14. The van der Waals surface area contributed by atoms with Gasteiger partial charge in [-0.05, 0) is 37.8 Å². The maximum atomic E-state index is 12.1. The molecule has 4 nitrogen and oxygen atoms in total. The maximum absolute atomic E-state index is 12.1. The minimum Gasteiger partial charge on any atom is -0.389 e. The fourth-order valence-corrected chi connectivity index (χ4v) is 3.55. The summed E-state index contributed by atoms with van der Waals surface area (Å²) in [6.45, 7) is 3.43. The van der Waals surface area contributed by atoms with Crippen LogP contribution in [0.15, 0.2) is 29.2 Å². The van der Waals surface area contributed by atoms with E-state index in [2.05, 4.69) is 4.72 Å². The lowest BCUT2D eigenvalue weighted by Crippen LogP contribution is -2.34. The minimum atomic E-state index is -3.51. The SMILES string of the molecule is CSCC(C)NS(=O)(=O)c1cccc(C(C)O)c1. The third kappa shape index (κ3) is 4.28. The van der Waals surface area contributed by atoms with E-state index in [9.17, 15) is 13.5 Å². The normalized spacial score (nSPS) is 15.3. The Morgan fingerprint density at radius 2 is 2.06 bits per heavy atom. The lowest BCUT2D eigenvalue weighted by atomic mass is 10.1. The van der Waals surface area contributed by atoms with Gasteiger partial charge in [0.05, 0.1) is 11.0 Å². The number of hydrogen-bond acceptors (Lipinski definition) is 4. The zero-order valence-corrected chi connectivity index (χ0v) is 12.4. The lowest BCUT2D eigenvalue weighted by molar-refractivity contribution is 0.199. The molecule has 0 bridgehead atoms. The van der Waals surface area contributed by atoms with Gasteiger partial charge >= 0.3 is 0 Å². The summed E-state index contributed by atoms with van der Waals surface area (Å²) in [6, 6.07) is 6.24. The molecule has 0 aliphatic heterocycles. The van der Waals surface area contributed by atoms with Gasteiger partial charge in [-0.3, -0.25) is 0 Å². The second-order valence-corrected chi connectivity index (χ2v) is 6.85. The Morgan fingerprint density at radius 3 is 2.61 bits per heavy atom. The van der Waals surface area contributed by atoms with Gasteiger partial charge in [-0.15, -0.1) is 0 Å². The van der Waals surface area contributed by atoms with Crippen molar-refractivity contribution < 1.29 is 13.5 Å². The van der Waals surface area contributed by atoms with Crippen LogP contribution in [0.1, 0.15) is 25.5 Å². The molecule has 0 radical (unpaired) electrons. The summed E-state index contributed by atoms with van der Waals surface area (Å²) in [5.74, 6) is 0.718. The number of aliphatic hydroxyl groups is 1. The van der Waals surface area contributed by atoms with E-state index in [1.807, 2.05) is 13.2 Å². The molecule has 18 heavy (non-hydrogen) atoms. The summed E-state index contributed by atoms with van der Waals surface area (Å²) in [7, 11) is -3.51. The molecule has 0 heterocycles. The molecule has 1 rings (SSSR count). The van der Waals surface area contributed by atoms with Gasteiger partial charge in [0.1, 0.15) is 0 Å². The van der Waals surface area contributed by atoms with Crippen LogP contribution < -0.4 is 4.72 Å². The van der Waals surface area contributed by atoms with E-state index in [4.69, 9.17) is 0 Å². The summed E-state index contributed by atoms with van der Waals surface area (Å²) >= 11 is 1.59. The first kappa shape index (κ1) is 15.5. The first-order valence-corrected chi connectivity index (χ1v) is 8.54. The first-order valence-electron chi connectivity index (χ1n) is 5.66. The molecule has 0 saturated heterocycles. The fraction of sp³-hybridized carbons (Fsp3) is 0.500. The molecule has 0 aliphatic rings. The topological polar surface area (TPSA) is 66.4 Å². The van der Waals surface area contributed by atoms with Crippen LogP contribution in [0.4, 0.5) is 0 Å². The number of sulfonamides is 1. The summed E-state index contributed by atoms with van der Waals surface area (Å²) in [5, 5.41) is 9.46. The highest BCUT2D eigenvalue weighted by molar-refractivity contribution is 7.98. The Balaban J connectivity index is 2.94. The molecule has 1 aromatic carbocycles. The maximum Gasteiger partial charge on any atom is 0.240 e. The van der Waals surface area contributed by atoms with Gasteiger partial charge in [-0.1, -0.05) is 12.1 Å². The van der Waals surface area contributed by atoms with Crippen LogP contribution in [0.25, 0.3) is 0 Å². The van der Waals surface area contributed by atoms with E-state index >= 15 is 0 Å². The van der Waals surface area contributed by atoms with Crippen LogP contribution in [-0.4, -0.2) is 31.6 Å². The smallest absolute Gasteiger partial charge is 0.240 e. The van der Waals surface area contributed by atoms with E-state index in [1.165, 1.54) is 12.1 Å². The van der Waals surface area contributed by atoms with Crippen molar-refractivity contribution in [3.63, 3.8) is 0 Å². The van der Waals surface area contributed by atoms with Crippen molar-refractivity contribution in [3.05, 3.63) is 29.8 Å². The van der Waals surface area contributed by atoms with Gasteiger partial charge in [0.15, 0.2) is 0 Å². The van der Waals surface area contributed by atoms with Gasteiger partial charge in [0.25, 0.3) is 0 Å². The van der Waals surface area contributed by atoms with E-state index in [0.717, 1.165) is 5.75 Å². The number of benzene rings is 1. The van der Waals surface area contributed by atoms with Gasteiger partial charge < -0.3 is 5.11 Å². The molecule has 0 fully saturated rings. The highest BCUT2D eigenvalue weighted by Gasteiger charge is 2.17. The van der Waals surface area contributed by atoms with E-state index < -0.39 is 16.1 Å². The van der Waals surface area contributed by atoms with Crippen molar-refractivity contribution >= 4 is 21.8 Å². The largest absolute Gasteiger partial charge is 0.389 e. The first-order chi connectivity index (χ1) is 8.36. The van der Waals surface area contributed by atoms with Crippen LogP contribution in [0.2, 0.25) is 0 Å². The molecule has 0 aliphatic carbocycles. The molecular formula is C12H19NO3S2. The standard InChI is InChI=1S/C12H19NO3S2/c1-9(8-17-3)13-18(15,16)12-6-4-5-11(7-12)10(2)14/h4-7,9-10,13-14H,8H2,1-3H3. The zero-order valence-electron chi connectivity index (χ0n) is 10.8. The Morgan fingerprint density at radius 1 is 1.39 bits per heavy atom. The van der Waals surface area contributed by atoms with Crippen molar-refractivity contribution in [2.75, 3.05) is 12.0 Å². The predicted octanol–water partition coefficient (Wildman–Crippen LogP) is 1.77. The average molecular weight is 289 g/mol. The third-order valence-electron chi connectivity index (χ3n) is 2.42. The van der Waals surface area contributed by atoms with Gasteiger partial charge in [-0.2, -0.15) is 11.8 Å². The molecule has 2 N–H and O–H groups in total. The second kappa shape index (κ2) is 6.56. The number of hydrogen-bond donors (Lipinski definition) is 2. The molecule has 0 amide bonds. The molecule has 0 aromatic heterocycles. The predicted molar refractivity (Wildman–Crippen MR) is 75.2 cm³/mol. The molecule has 1 aromatic rings. The molecule has 102 valence electrons. The summed E-state index contributed by atoms with van der Waals surface area (Å²) in [4.78, 5) is 0.189. The Hall–Kier alpha value is -0.560. The van der Waals surface area contributed by atoms with Crippen LogP contribution >= 0.6 is 11.8 Å². The number of rotatable bonds is 6. The summed E-state index contributed by atoms with van der Waals surface area (Å²) < 4.78 is 26.8. The summed E-state index contributed by atoms with van der Waals surface area (Å²) in [5.41, 5.74) is 0.593.